The molecule has 22 heavy (non-hydrogen) atoms. The van der Waals surface area contributed by atoms with E-state index in [9.17, 15) is 19.7 Å². The lowest BCUT2D eigenvalue weighted by atomic mass is 10.2. The Morgan fingerprint density at radius 3 is 2.68 bits per heavy atom. The number of esters is 1. The molecule has 0 radical (unpaired) electrons. The molecule has 7 heteroatoms. The van der Waals surface area contributed by atoms with Crippen LogP contribution in [0.5, 0.6) is 0 Å². The topological polar surface area (TPSA) is 98.5 Å². The Bertz CT molecular complexity index is 581. The summed E-state index contributed by atoms with van der Waals surface area (Å²) in [4.78, 5) is 34.0. The molecular formula is C15H18N2O5. The summed E-state index contributed by atoms with van der Waals surface area (Å²) in [6.45, 7) is 1.49. The van der Waals surface area contributed by atoms with E-state index in [2.05, 4.69) is 5.32 Å². The number of nitrogens with one attached hydrogen (secondary N) is 1. The summed E-state index contributed by atoms with van der Waals surface area (Å²) in [6.07, 6.45) is 3.13. The molecular weight excluding hydrogens is 288 g/mol. The van der Waals surface area contributed by atoms with Crippen LogP contribution in [0.25, 0.3) is 0 Å². The van der Waals surface area contributed by atoms with E-state index in [0.717, 1.165) is 31.7 Å². The van der Waals surface area contributed by atoms with Crippen molar-refractivity contribution in [3.05, 3.63) is 39.9 Å². The van der Waals surface area contributed by atoms with E-state index in [1.807, 2.05) is 0 Å². The minimum Gasteiger partial charge on any atom is -0.449 e. The molecule has 0 saturated heterocycles. The molecule has 1 aromatic carbocycles. The number of hydrogen-bond acceptors (Lipinski definition) is 5. The van der Waals surface area contributed by atoms with Gasteiger partial charge < -0.3 is 10.1 Å². The van der Waals surface area contributed by atoms with E-state index in [1.54, 1.807) is 0 Å². The molecule has 0 heterocycles. The van der Waals surface area contributed by atoms with Gasteiger partial charge in [-0.3, -0.25) is 14.9 Å². The number of hydrogen-bond donors (Lipinski definition) is 1. The van der Waals surface area contributed by atoms with E-state index < -0.39 is 17.0 Å². The molecule has 118 valence electrons. The number of carbonyl (C=O) groups is 2. The van der Waals surface area contributed by atoms with Gasteiger partial charge in [-0.25, -0.2) is 4.79 Å². The number of amides is 1. The lowest BCUT2D eigenvalue weighted by Gasteiger charge is -2.17. The van der Waals surface area contributed by atoms with Crippen LogP contribution in [0.15, 0.2) is 24.3 Å². The van der Waals surface area contributed by atoms with Gasteiger partial charge in [-0.1, -0.05) is 18.9 Å². The molecule has 0 aliphatic heterocycles. The Kier molecular flexibility index (Phi) is 5.08. The fraction of sp³-hybridized carbons (Fsp3) is 0.467. The Hall–Kier alpha value is -2.44. The van der Waals surface area contributed by atoms with Crippen molar-refractivity contribution in [2.75, 3.05) is 0 Å². The summed E-state index contributed by atoms with van der Waals surface area (Å²) in [5.41, 5.74) is -0.146. The average Bonchev–Trinajstić information content (AvgIpc) is 3.00. The van der Waals surface area contributed by atoms with Gasteiger partial charge in [0, 0.05) is 18.2 Å². The summed E-state index contributed by atoms with van der Waals surface area (Å²) in [6, 6.07) is 5.37. The van der Waals surface area contributed by atoms with Gasteiger partial charge in [0.2, 0.25) is 0 Å². The standard InChI is InChI=1S/C15H18N2O5/c1-10(14(18)16-12-6-2-3-7-12)22-15(19)11-5-4-8-13(9-11)17(20)21/h4-5,8-10,12H,2-3,6-7H2,1H3,(H,16,18)/t10-/m1/s1. The van der Waals surface area contributed by atoms with Gasteiger partial charge in [0.15, 0.2) is 6.10 Å². The van der Waals surface area contributed by atoms with Gasteiger partial charge in [-0.05, 0) is 25.8 Å². The van der Waals surface area contributed by atoms with Gasteiger partial charge in [0.25, 0.3) is 11.6 Å². The molecule has 1 amide bonds. The third-order valence-electron chi connectivity index (χ3n) is 3.65. The highest BCUT2D eigenvalue weighted by Gasteiger charge is 2.24. The van der Waals surface area contributed by atoms with Crippen LogP contribution in [-0.4, -0.2) is 28.9 Å². The summed E-state index contributed by atoms with van der Waals surface area (Å²) >= 11 is 0. The monoisotopic (exact) mass is 306 g/mol. The highest BCUT2D eigenvalue weighted by molar-refractivity contribution is 5.92. The second-order valence-electron chi connectivity index (χ2n) is 5.34. The van der Waals surface area contributed by atoms with Crippen molar-refractivity contribution in [1.82, 2.24) is 5.32 Å². The van der Waals surface area contributed by atoms with Gasteiger partial charge in [-0.2, -0.15) is 0 Å². The first kappa shape index (κ1) is 15.9. The second-order valence-corrected chi connectivity index (χ2v) is 5.34. The normalized spacial score (nSPS) is 16.0. The predicted molar refractivity (Wildman–Crippen MR) is 78.4 cm³/mol. The van der Waals surface area contributed by atoms with Crippen molar-refractivity contribution in [2.45, 2.75) is 44.8 Å². The summed E-state index contributed by atoms with van der Waals surface area (Å²) in [5.74, 6) is -1.09. The molecule has 1 atom stereocenters. The third kappa shape index (κ3) is 4.03. The number of nitro groups is 1. The van der Waals surface area contributed by atoms with Gasteiger partial charge in [0.05, 0.1) is 10.5 Å². The van der Waals surface area contributed by atoms with Gasteiger partial charge in [0.1, 0.15) is 0 Å². The number of carbonyl (C=O) groups excluding carboxylic acids is 2. The maximum Gasteiger partial charge on any atom is 0.339 e. The van der Waals surface area contributed by atoms with Crippen molar-refractivity contribution in [3.63, 3.8) is 0 Å². The molecule has 0 unspecified atom stereocenters. The molecule has 2 rings (SSSR count). The highest BCUT2D eigenvalue weighted by Crippen LogP contribution is 2.18. The Morgan fingerprint density at radius 2 is 2.05 bits per heavy atom. The van der Waals surface area contributed by atoms with Crippen LogP contribution in [0.1, 0.15) is 43.0 Å². The first-order valence-electron chi connectivity index (χ1n) is 7.23. The molecule has 1 aliphatic rings. The Balaban J connectivity index is 1.94. The van der Waals surface area contributed by atoms with Crippen molar-refractivity contribution < 1.29 is 19.2 Å². The van der Waals surface area contributed by atoms with Crippen molar-refractivity contribution in [3.8, 4) is 0 Å². The molecule has 1 saturated carbocycles. The lowest BCUT2D eigenvalue weighted by Crippen LogP contribution is -2.40. The smallest absolute Gasteiger partial charge is 0.339 e. The summed E-state index contributed by atoms with van der Waals surface area (Å²) in [5, 5.41) is 13.5. The van der Waals surface area contributed by atoms with Crippen LogP contribution < -0.4 is 5.32 Å². The zero-order valence-electron chi connectivity index (χ0n) is 12.3. The van der Waals surface area contributed by atoms with Crippen LogP contribution in [0.3, 0.4) is 0 Å². The number of ether oxygens (including phenoxy) is 1. The van der Waals surface area contributed by atoms with E-state index in [0.29, 0.717) is 0 Å². The first-order valence-corrected chi connectivity index (χ1v) is 7.23. The molecule has 0 aromatic heterocycles. The maximum absolute atomic E-state index is 11.9. The van der Waals surface area contributed by atoms with E-state index in [4.69, 9.17) is 4.74 Å². The van der Waals surface area contributed by atoms with Gasteiger partial charge >= 0.3 is 5.97 Å². The van der Waals surface area contributed by atoms with Crippen molar-refractivity contribution >= 4 is 17.6 Å². The fourth-order valence-corrected chi connectivity index (χ4v) is 2.42. The quantitative estimate of drug-likeness (QED) is 0.511. The molecule has 7 nitrogen and oxygen atoms in total. The van der Waals surface area contributed by atoms with Crippen LogP contribution in [0.4, 0.5) is 5.69 Å². The van der Waals surface area contributed by atoms with Crippen LogP contribution in [0, 0.1) is 10.1 Å². The second kappa shape index (κ2) is 7.02. The number of rotatable bonds is 5. The van der Waals surface area contributed by atoms with Crippen molar-refractivity contribution in [1.29, 1.82) is 0 Å². The van der Waals surface area contributed by atoms with Crippen LogP contribution >= 0.6 is 0 Å². The fourth-order valence-electron chi connectivity index (χ4n) is 2.42. The third-order valence-corrected chi connectivity index (χ3v) is 3.65. The highest BCUT2D eigenvalue weighted by atomic mass is 16.6. The number of nitrogens with zero attached hydrogens (tertiary/aromatic N) is 1. The molecule has 1 fully saturated rings. The minimum absolute atomic E-state index is 0.0507. The average molecular weight is 306 g/mol. The number of nitro benzene ring substituents is 1. The van der Waals surface area contributed by atoms with Crippen LogP contribution in [-0.2, 0) is 9.53 Å². The summed E-state index contributed by atoms with van der Waals surface area (Å²) < 4.78 is 5.07. The Labute approximate surface area is 127 Å². The minimum atomic E-state index is -0.938. The molecule has 0 spiro atoms. The molecule has 1 N–H and O–H groups in total. The lowest BCUT2D eigenvalue weighted by molar-refractivity contribution is -0.384. The molecule has 0 bridgehead atoms. The first-order chi connectivity index (χ1) is 10.5. The molecule has 1 aromatic rings. The zero-order valence-corrected chi connectivity index (χ0v) is 12.3. The summed E-state index contributed by atoms with van der Waals surface area (Å²) in [7, 11) is 0. The molecule has 1 aliphatic carbocycles. The van der Waals surface area contributed by atoms with E-state index in [1.165, 1.54) is 25.1 Å². The zero-order chi connectivity index (χ0) is 16.1. The van der Waals surface area contributed by atoms with Crippen LogP contribution in [0.2, 0.25) is 0 Å². The van der Waals surface area contributed by atoms with E-state index >= 15 is 0 Å². The number of non-ortho nitro benzene ring substituents is 1. The SMILES string of the molecule is C[C@@H](OC(=O)c1cccc([N+](=O)[O-])c1)C(=O)NC1CCCC1. The predicted octanol–water partition coefficient (Wildman–Crippen LogP) is 2.20. The van der Waals surface area contributed by atoms with E-state index in [-0.39, 0.29) is 23.2 Å². The number of benzene rings is 1. The Morgan fingerprint density at radius 1 is 1.36 bits per heavy atom. The largest absolute Gasteiger partial charge is 0.449 e. The van der Waals surface area contributed by atoms with Gasteiger partial charge in [-0.15, -0.1) is 0 Å². The maximum atomic E-state index is 11.9. The van der Waals surface area contributed by atoms with Crippen molar-refractivity contribution in [2.24, 2.45) is 0 Å².